The molecule has 2 aliphatic heterocycles. The number of nitrogens with one attached hydrogen (secondary N) is 3. The molecule has 2 saturated heterocycles. The van der Waals surface area contributed by atoms with Crippen LogP contribution >= 0.6 is 0 Å². The van der Waals surface area contributed by atoms with Crippen molar-refractivity contribution in [3.05, 3.63) is 29.6 Å². The van der Waals surface area contributed by atoms with Crippen LogP contribution in [-0.2, 0) is 5.54 Å². The first kappa shape index (κ1) is 11.4. The summed E-state index contributed by atoms with van der Waals surface area (Å²) < 4.78 is 0. The first-order valence-corrected chi connectivity index (χ1v) is 7.15. The van der Waals surface area contributed by atoms with Crippen molar-refractivity contribution < 1.29 is 0 Å². The summed E-state index contributed by atoms with van der Waals surface area (Å²) in [5, 5.41) is 7.22. The van der Waals surface area contributed by atoms with Gasteiger partial charge in [-0.15, -0.1) is 0 Å². The average molecular weight is 256 g/mol. The number of pyridine rings is 1. The van der Waals surface area contributed by atoms with Crippen LogP contribution in [-0.4, -0.2) is 29.1 Å². The van der Waals surface area contributed by atoms with Gasteiger partial charge in [0.25, 0.3) is 0 Å². The van der Waals surface area contributed by atoms with E-state index in [0.717, 1.165) is 30.5 Å². The molecule has 0 radical (unpaired) electrons. The third-order valence-corrected chi connectivity index (χ3v) is 4.64. The van der Waals surface area contributed by atoms with Gasteiger partial charge in [-0.3, -0.25) is 0 Å². The van der Waals surface area contributed by atoms with Crippen LogP contribution in [0, 0.1) is 0 Å². The van der Waals surface area contributed by atoms with E-state index in [-0.39, 0.29) is 5.54 Å². The number of hydrogen-bond acceptors (Lipinski definition) is 3. The molecule has 2 aliphatic rings. The van der Waals surface area contributed by atoms with E-state index in [2.05, 4.69) is 47.8 Å². The van der Waals surface area contributed by atoms with Gasteiger partial charge in [-0.05, 0) is 30.0 Å². The van der Waals surface area contributed by atoms with E-state index >= 15 is 0 Å². The maximum absolute atomic E-state index is 4.97. The number of aromatic amines is 1. The fraction of sp³-hybridized carbons (Fsp3) is 0.533. The Morgan fingerprint density at radius 1 is 1.37 bits per heavy atom. The second-order valence-electron chi connectivity index (χ2n) is 6.24. The zero-order valence-electron chi connectivity index (χ0n) is 11.5. The number of nitrogens with zero attached hydrogens (tertiary/aromatic N) is 1. The minimum absolute atomic E-state index is 0.0599. The van der Waals surface area contributed by atoms with Crippen molar-refractivity contribution in [2.75, 3.05) is 13.1 Å². The maximum atomic E-state index is 4.97. The van der Waals surface area contributed by atoms with Crippen LogP contribution in [0.5, 0.6) is 0 Å². The summed E-state index contributed by atoms with van der Waals surface area (Å²) >= 11 is 0. The lowest BCUT2D eigenvalue weighted by atomic mass is 9.94. The molecule has 2 bridgehead atoms. The molecule has 2 atom stereocenters. The summed E-state index contributed by atoms with van der Waals surface area (Å²) in [5.74, 6) is 0.500. The Hall–Kier alpha value is -1.39. The standard InChI is InChI=1S/C15H20N4/c1-9(2)11-7-16-12-3-4-13(19-14(11)12)15-5-10(6-18-15)17-8-15/h3-4,7,9-10,16-18H,5-6,8H2,1-2H3. The van der Waals surface area contributed by atoms with Crippen molar-refractivity contribution in [3.63, 3.8) is 0 Å². The van der Waals surface area contributed by atoms with E-state index in [1.54, 1.807) is 0 Å². The first-order chi connectivity index (χ1) is 9.18. The van der Waals surface area contributed by atoms with Crippen LogP contribution in [0.4, 0.5) is 0 Å². The smallest absolute Gasteiger partial charge is 0.0917 e. The number of hydrogen-bond donors (Lipinski definition) is 3. The van der Waals surface area contributed by atoms with E-state index in [1.165, 1.54) is 11.3 Å². The first-order valence-electron chi connectivity index (χ1n) is 7.15. The lowest BCUT2D eigenvalue weighted by Gasteiger charge is -2.27. The van der Waals surface area contributed by atoms with E-state index in [1.807, 2.05) is 0 Å². The van der Waals surface area contributed by atoms with Crippen molar-refractivity contribution in [1.82, 2.24) is 20.6 Å². The fourth-order valence-corrected chi connectivity index (χ4v) is 3.49. The van der Waals surface area contributed by atoms with Gasteiger partial charge < -0.3 is 15.6 Å². The van der Waals surface area contributed by atoms with Crippen LogP contribution < -0.4 is 10.6 Å². The highest BCUT2D eigenvalue weighted by atomic mass is 15.2. The molecule has 4 heteroatoms. The van der Waals surface area contributed by atoms with Gasteiger partial charge in [-0.25, -0.2) is 4.98 Å². The molecule has 4 nitrogen and oxygen atoms in total. The molecule has 2 fully saturated rings. The Kier molecular flexibility index (Phi) is 2.29. The third kappa shape index (κ3) is 1.56. The molecule has 19 heavy (non-hydrogen) atoms. The second kappa shape index (κ2) is 3.81. The predicted molar refractivity (Wildman–Crippen MR) is 76.3 cm³/mol. The molecular formula is C15H20N4. The van der Waals surface area contributed by atoms with Gasteiger partial charge in [0, 0.05) is 25.3 Å². The summed E-state index contributed by atoms with van der Waals surface area (Å²) in [5.41, 5.74) is 4.84. The van der Waals surface area contributed by atoms with Crippen LogP contribution in [0.2, 0.25) is 0 Å². The molecule has 0 aliphatic carbocycles. The highest BCUT2D eigenvalue weighted by Gasteiger charge is 2.46. The highest BCUT2D eigenvalue weighted by Crippen LogP contribution is 2.35. The monoisotopic (exact) mass is 256 g/mol. The van der Waals surface area contributed by atoms with E-state index in [9.17, 15) is 0 Å². The summed E-state index contributed by atoms with van der Waals surface area (Å²) in [7, 11) is 0. The quantitative estimate of drug-likeness (QED) is 0.768. The molecular weight excluding hydrogens is 236 g/mol. The molecule has 4 heterocycles. The van der Waals surface area contributed by atoms with Gasteiger partial charge in [-0.2, -0.15) is 0 Å². The van der Waals surface area contributed by atoms with Crippen LogP contribution in [0.15, 0.2) is 18.3 Å². The lowest BCUT2D eigenvalue weighted by Crippen LogP contribution is -2.47. The third-order valence-electron chi connectivity index (χ3n) is 4.64. The Balaban J connectivity index is 1.85. The Morgan fingerprint density at radius 2 is 2.26 bits per heavy atom. The molecule has 2 aromatic heterocycles. The zero-order valence-corrected chi connectivity index (χ0v) is 11.5. The van der Waals surface area contributed by atoms with Gasteiger partial charge in [-0.1, -0.05) is 13.8 Å². The van der Waals surface area contributed by atoms with Gasteiger partial charge in [0.05, 0.1) is 22.3 Å². The molecule has 0 spiro atoms. The van der Waals surface area contributed by atoms with Crippen molar-refractivity contribution in [2.45, 2.75) is 37.8 Å². The highest BCUT2D eigenvalue weighted by molar-refractivity contribution is 5.79. The van der Waals surface area contributed by atoms with Crippen molar-refractivity contribution in [2.24, 2.45) is 0 Å². The zero-order chi connectivity index (χ0) is 13.0. The van der Waals surface area contributed by atoms with Crippen LogP contribution in [0.3, 0.4) is 0 Å². The van der Waals surface area contributed by atoms with E-state index < -0.39 is 0 Å². The summed E-state index contributed by atoms with van der Waals surface area (Å²) in [6, 6.07) is 4.96. The van der Waals surface area contributed by atoms with Crippen molar-refractivity contribution in [1.29, 1.82) is 0 Å². The molecule has 4 rings (SSSR count). The Labute approximate surface area is 113 Å². The molecule has 3 N–H and O–H groups in total. The molecule has 0 amide bonds. The fourth-order valence-electron chi connectivity index (χ4n) is 3.49. The summed E-state index contributed by atoms with van der Waals surface area (Å²) in [6.07, 6.45) is 3.26. The minimum atomic E-state index is 0.0599. The number of fused-ring (bicyclic) bond motifs is 3. The molecule has 0 aromatic carbocycles. The Morgan fingerprint density at radius 3 is 2.89 bits per heavy atom. The molecule has 2 aromatic rings. The summed E-state index contributed by atoms with van der Waals surface area (Å²) in [6.45, 7) is 6.49. The van der Waals surface area contributed by atoms with Gasteiger partial charge >= 0.3 is 0 Å². The Bertz CT molecular complexity index is 620. The number of H-pyrrole nitrogens is 1. The average Bonchev–Trinajstić information content (AvgIpc) is 3.12. The topological polar surface area (TPSA) is 52.7 Å². The largest absolute Gasteiger partial charge is 0.360 e. The molecule has 0 saturated carbocycles. The van der Waals surface area contributed by atoms with Crippen LogP contribution in [0.25, 0.3) is 11.0 Å². The SMILES string of the molecule is CC(C)c1c[nH]c2ccc(C34CNC(CN3)C4)nc12. The maximum Gasteiger partial charge on any atom is 0.0917 e. The van der Waals surface area contributed by atoms with Gasteiger partial charge in [0.1, 0.15) is 0 Å². The predicted octanol–water partition coefficient (Wildman–Crippen LogP) is 1.85. The molecule has 100 valence electrons. The number of aromatic nitrogens is 2. The second-order valence-corrected chi connectivity index (χ2v) is 6.24. The van der Waals surface area contributed by atoms with Crippen molar-refractivity contribution in [3.8, 4) is 0 Å². The normalized spacial score (nSPS) is 29.7. The molecule has 2 unspecified atom stereocenters. The number of rotatable bonds is 2. The van der Waals surface area contributed by atoms with Crippen LogP contribution in [0.1, 0.15) is 37.4 Å². The lowest BCUT2D eigenvalue weighted by molar-refractivity contribution is 0.383. The minimum Gasteiger partial charge on any atom is -0.360 e. The van der Waals surface area contributed by atoms with E-state index in [0.29, 0.717) is 12.0 Å². The van der Waals surface area contributed by atoms with E-state index in [4.69, 9.17) is 4.98 Å². The summed E-state index contributed by atoms with van der Waals surface area (Å²) in [4.78, 5) is 8.30. The van der Waals surface area contributed by atoms with Crippen molar-refractivity contribution >= 4 is 11.0 Å². The number of piperazine rings is 1. The van der Waals surface area contributed by atoms with Gasteiger partial charge in [0.2, 0.25) is 0 Å². The van der Waals surface area contributed by atoms with Gasteiger partial charge in [0.15, 0.2) is 0 Å².